The van der Waals surface area contributed by atoms with E-state index in [4.69, 9.17) is 5.11 Å². The van der Waals surface area contributed by atoms with Crippen molar-refractivity contribution in [1.82, 2.24) is 4.57 Å². The van der Waals surface area contributed by atoms with Gasteiger partial charge in [-0.05, 0) is 18.6 Å². The van der Waals surface area contributed by atoms with Crippen molar-refractivity contribution in [2.75, 3.05) is 0 Å². The van der Waals surface area contributed by atoms with E-state index in [1.54, 1.807) is 11.3 Å². The van der Waals surface area contributed by atoms with E-state index in [0.717, 1.165) is 28.0 Å². The summed E-state index contributed by atoms with van der Waals surface area (Å²) in [6, 6.07) is 5.94. The van der Waals surface area contributed by atoms with Gasteiger partial charge >= 0.3 is 5.97 Å². The van der Waals surface area contributed by atoms with Crippen molar-refractivity contribution in [3.63, 3.8) is 0 Å². The number of hydrogen-bond donors (Lipinski definition) is 2. The molecule has 0 aliphatic heterocycles. The Hall–Kier alpha value is -2.08. The highest BCUT2D eigenvalue weighted by Crippen LogP contribution is 2.19. The third-order valence-electron chi connectivity index (χ3n) is 2.71. The molecular formula is C13H13NO4S. The lowest BCUT2D eigenvalue weighted by molar-refractivity contribution is 0.0683. The fourth-order valence-electron chi connectivity index (χ4n) is 1.78. The highest BCUT2D eigenvalue weighted by atomic mass is 32.1. The normalized spacial score (nSPS) is 10.6. The molecule has 2 N–H and O–H groups in total. The van der Waals surface area contributed by atoms with Crippen LogP contribution in [0.4, 0.5) is 0 Å². The summed E-state index contributed by atoms with van der Waals surface area (Å²) in [5.74, 6) is -1.57. The van der Waals surface area contributed by atoms with Gasteiger partial charge in [0.2, 0.25) is 0 Å². The van der Waals surface area contributed by atoms with Crippen LogP contribution >= 0.6 is 11.3 Å². The molecule has 2 aromatic rings. The highest BCUT2D eigenvalue weighted by Gasteiger charge is 2.14. The fourth-order valence-corrected chi connectivity index (χ4v) is 2.72. The molecule has 5 nitrogen and oxygen atoms in total. The third kappa shape index (κ3) is 2.85. The van der Waals surface area contributed by atoms with Gasteiger partial charge in [0.25, 0.3) is 5.56 Å². The number of carbonyl (C=O) groups is 1. The van der Waals surface area contributed by atoms with E-state index < -0.39 is 11.5 Å². The number of nitrogens with zero attached hydrogens (tertiary/aromatic N) is 1. The Balaban J connectivity index is 2.44. The molecule has 19 heavy (non-hydrogen) atoms. The second-order valence-electron chi connectivity index (χ2n) is 4.05. The standard InChI is InChI=1S/C13H13NO4S/c1-2-9-3-4-10(19-9)7-14-11(13(17)18)5-8(15)6-12(14)16/h3-6,15H,2,7H2,1H3,(H,17,18). The zero-order valence-electron chi connectivity index (χ0n) is 10.3. The van der Waals surface area contributed by atoms with Crippen LogP contribution in [-0.4, -0.2) is 20.7 Å². The van der Waals surface area contributed by atoms with Crippen LogP contribution in [0, 0.1) is 0 Å². The first-order valence-corrected chi connectivity index (χ1v) is 6.57. The molecule has 0 aliphatic carbocycles. The lowest BCUT2D eigenvalue weighted by Crippen LogP contribution is -2.25. The molecule has 0 bridgehead atoms. The minimum absolute atomic E-state index is 0.200. The smallest absolute Gasteiger partial charge is 0.352 e. The van der Waals surface area contributed by atoms with Gasteiger partial charge in [0.05, 0.1) is 6.54 Å². The highest BCUT2D eigenvalue weighted by molar-refractivity contribution is 7.11. The minimum Gasteiger partial charge on any atom is -0.508 e. The largest absolute Gasteiger partial charge is 0.508 e. The van der Waals surface area contributed by atoms with Crippen molar-refractivity contribution >= 4 is 17.3 Å². The van der Waals surface area contributed by atoms with Gasteiger partial charge in [-0.1, -0.05) is 6.92 Å². The Bertz CT molecular complexity index is 672. The van der Waals surface area contributed by atoms with Crippen LogP contribution in [0.1, 0.15) is 27.2 Å². The summed E-state index contributed by atoms with van der Waals surface area (Å²) in [6.45, 7) is 2.23. The van der Waals surface area contributed by atoms with Crippen molar-refractivity contribution in [3.8, 4) is 5.75 Å². The summed E-state index contributed by atoms with van der Waals surface area (Å²) in [6.07, 6.45) is 0.904. The molecule has 0 aromatic carbocycles. The molecule has 0 atom stereocenters. The van der Waals surface area contributed by atoms with Gasteiger partial charge in [-0.25, -0.2) is 4.79 Å². The first kappa shape index (κ1) is 13.4. The second-order valence-corrected chi connectivity index (χ2v) is 5.30. The summed E-state index contributed by atoms with van der Waals surface area (Å²) >= 11 is 1.55. The van der Waals surface area contributed by atoms with Crippen molar-refractivity contribution in [2.24, 2.45) is 0 Å². The van der Waals surface area contributed by atoms with Crippen LogP contribution in [0.3, 0.4) is 0 Å². The zero-order valence-corrected chi connectivity index (χ0v) is 11.1. The molecule has 2 rings (SSSR count). The Kier molecular flexibility index (Phi) is 3.71. The van der Waals surface area contributed by atoms with E-state index in [2.05, 4.69) is 0 Å². The fraction of sp³-hybridized carbons (Fsp3) is 0.231. The monoisotopic (exact) mass is 279 g/mol. The van der Waals surface area contributed by atoms with Crippen LogP contribution < -0.4 is 5.56 Å². The molecule has 0 amide bonds. The summed E-state index contributed by atoms with van der Waals surface area (Å²) < 4.78 is 1.15. The lowest BCUT2D eigenvalue weighted by atomic mass is 10.3. The van der Waals surface area contributed by atoms with Gasteiger partial charge in [-0.15, -0.1) is 11.3 Å². The average Bonchev–Trinajstić information content (AvgIpc) is 2.79. The Morgan fingerprint density at radius 2 is 2.00 bits per heavy atom. The van der Waals surface area contributed by atoms with Crippen molar-refractivity contribution < 1.29 is 15.0 Å². The van der Waals surface area contributed by atoms with E-state index in [1.165, 1.54) is 4.88 Å². The van der Waals surface area contributed by atoms with Gasteiger partial charge in [-0.2, -0.15) is 0 Å². The second kappa shape index (κ2) is 5.27. The number of aromatic carboxylic acids is 1. The minimum atomic E-state index is -1.24. The number of aryl methyl sites for hydroxylation is 1. The molecular weight excluding hydrogens is 266 g/mol. The maximum absolute atomic E-state index is 11.8. The Morgan fingerprint density at radius 3 is 2.58 bits per heavy atom. The van der Waals surface area contributed by atoms with Crippen molar-refractivity contribution in [2.45, 2.75) is 19.9 Å². The van der Waals surface area contributed by atoms with E-state index in [9.17, 15) is 14.7 Å². The van der Waals surface area contributed by atoms with Crippen LogP contribution in [0.5, 0.6) is 5.75 Å². The Morgan fingerprint density at radius 1 is 1.32 bits per heavy atom. The van der Waals surface area contributed by atoms with E-state index in [0.29, 0.717) is 0 Å². The molecule has 0 aliphatic rings. The van der Waals surface area contributed by atoms with Crippen LogP contribution in [0.2, 0.25) is 0 Å². The summed E-state index contributed by atoms with van der Waals surface area (Å²) in [5.41, 5.74) is -0.736. The summed E-state index contributed by atoms with van der Waals surface area (Å²) in [5, 5.41) is 18.4. The predicted octanol–water partition coefficient (Wildman–Crippen LogP) is 1.92. The molecule has 0 unspecified atom stereocenters. The maximum Gasteiger partial charge on any atom is 0.352 e. The number of aromatic hydroxyl groups is 1. The van der Waals surface area contributed by atoms with E-state index in [-0.39, 0.29) is 18.0 Å². The number of carboxylic acids is 1. The number of pyridine rings is 1. The predicted molar refractivity (Wildman–Crippen MR) is 72.1 cm³/mol. The molecule has 100 valence electrons. The molecule has 6 heteroatoms. The van der Waals surface area contributed by atoms with Crippen LogP contribution in [-0.2, 0) is 13.0 Å². The van der Waals surface area contributed by atoms with Gasteiger partial charge in [-0.3, -0.25) is 9.36 Å². The van der Waals surface area contributed by atoms with Crippen LogP contribution in [0.25, 0.3) is 0 Å². The molecule has 2 heterocycles. The maximum atomic E-state index is 11.8. The molecule has 0 fully saturated rings. The van der Waals surface area contributed by atoms with Crippen LogP contribution in [0.15, 0.2) is 29.1 Å². The number of hydrogen-bond acceptors (Lipinski definition) is 4. The molecule has 0 saturated heterocycles. The molecule has 0 saturated carbocycles. The molecule has 2 aromatic heterocycles. The van der Waals surface area contributed by atoms with Gasteiger partial charge in [0, 0.05) is 21.9 Å². The summed E-state index contributed by atoms with van der Waals surface area (Å²) in [7, 11) is 0. The topological polar surface area (TPSA) is 79.5 Å². The number of rotatable bonds is 4. The number of carboxylic acid groups (broad SMARTS) is 1. The lowest BCUT2D eigenvalue weighted by Gasteiger charge is -2.08. The number of aromatic nitrogens is 1. The Labute approximate surface area is 113 Å². The van der Waals surface area contributed by atoms with Gasteiger partial charge in [0.15, 0.2) is 0 Å². The molecule has 0 radical (unpaired) electrons. The number of thiophene rings is 1. The average molecular weight is 279 g/mol. The summed E-state index contributed by atoms with van der Waals surface area (Å²) in [4.78, 5) is 25.0. The molecule has 0 spiro atoms. The third-order valence-corrected chi connectivity index (χ3v) is 3.93. The zero-order chi connectivity index (χ0) is 14.0. The first-order chi connectivity index (χ1) is 9.01. The van der Waals surface area contributed by atoms with E-state index in [1.807, 2.05) is 19.1 Å². The quantitative estimate of drug-likeness (QED) is 0.896. The van der Waals surface area contributed by atoms with Crippen molar-refractivity contribution in [3.05, 3.63) is 50.1 Å². The SMILES string of the molecule is CCc1ccc(Cn2c(C(=O)O)cc(O)cc2=O)s1. The van der Waals surface area contributed by atoms with Crippen molar-refractivity contribution in [1.29, 1.82) is 0 Å². The van der Waals surface area contributed by atoms with E-state index >= 15 is 0 Å². The van der Waals surface area contributed by atoms with Gasteiger partial charge < -0.3 is 10.2 Å². The first-order valence-electron chi connectivity index (χ1n) is 5.76. The van der Waals surface area contributed by atoms with Gasteiger partial charge in [0.1, 0.15) is 11.4 Å².